The van der Waals surface area contributed by atoms with E-state index in [9.17, 15) is 0 Å². The number of rotatable bonds is 2. The monoisotopic (exact) mass is 284 g/mol. The van der Waals surface area contributed by atoms with E-state index < -0.39 is 0 Å². The molecule has 0 saturated heterocycles. The molecular weight excluding hydrogens is 279 g/mol. The first-order valence-corrected chi connectivity index (χ1v) is 5.78. The van der Waals surface area contributed by atoms with Crippen molar-refractivity contribution in [3.05, 3.63) is 38.8 Å². The second-order valence-electron chi connectivity index (χ2n) is 3.21. The molecule has 17 heavy (non-hydrogen) atoms. The summed E-state index contributed by atoms with van der Waals surface area (Å²) >= 11 is 16.9. The van der Waals surface area contributed by atoms with Crippen LogP contribution in [0.2, 0.25) is 10.0 Å². The van der Waals surface area contributed by atoms with Gasteiger partial charge in [0.1, 0.15) is 5.82 Å². The zero-order chi connectivity index (χ0) is 12.4. The average Bonchev–Trinajstić information content (AvgIpc) is 2.65. The lowest BCUT2D eigenvalue weighted by Gasteiger charge is -2.05. The quantitative estimate of drug-likeness (QED) is 0.861. The van der Waals surface area contributed by atoms with Crippen molar-refractivity contribution in [3.8, 4) is 11.8 Å². The van der Waals surface area contributed by atoms with Crippen LogP contribution in [0.15, 0.2) is 18.2 Å². The van der Waals surface area contributed by atoms with E-state index in [4.69, 9.17) is 40.7 Å². The van der Waals surface area contributed by atoms with Crippen molar-refractivity contribution < 1.29 is 0 Å². The molecule has 0 spiro atoms. The minimum Gasteiger partial charge on any atom is -0.271 e. The average molecular weight is 285 g/mol. The van der Waals surface area contributed by atoms with Gasteiger partial charge in [0.25, 0.3) is 0 Å². The number of nitriles is 1. The van der Waals surface area contributed by atoms with Gasteiger partial charge in [0.15, 0.2) is 4.77 Å². The normalized spacial score (nSPS) is 10.2. The van der Waals surface area contributed by atoms with E-state index in [1.165, 1.54) is 0 Å². The molecule has 0 aliphatic rings. The van der Waals surface area contributed by atoms with E-state index >= 15 is 0 Å². The Bertz CT molecular complexity index is 653. The molecule has 0 amide bonds. The number of nitrogens with one attached hydrogen (secondary N) is 1. The van der Waals surface area contributed by atoms with Crippen LogP contribution in [0.5, 0.6) is 0 Å². The molecule has 2 rings (SSSR count). The molecule has 0 radical (unpaired) electrons. The van der Waals surface area contributed by atoms with Gasteiger partial charge in [-0.3, -0.25) is 9.67 Å². The van der Waals surface area contributed by atoms with Crippen LogP contribution >= 0.6 is 35.4 Å². The van der Waals surface area contributed by atoms with Crippen molar-refractivity contribution in [3.63, 3.8) is 0 Å². The maximum Gasteiger partial charge on any atom is 0.199 e. The highest BCUT2D eigenvalue weighted by Crippen LogP contribution is 2.25. The fourth-order valence-corrected chi connectivity index (χ4v) is 1.96. The minimum absolute atomic E-state index is 0.160. The highest BCUT2D eigenvalue weighted by Gasteiger charge is 2.09. The third-order valence-electron chi connectivity index (χ3n) is 2.14. The van der Waals surface area contributed by atoms with Crippen LogP contribution in [-0.4, -0.2) is 14.8 Å². The molecular formula is C10H6Cl2N4S. The molecule has 0 fully saturated rings. The SMILES string of the molecule is N#CCc1n[nH]c(=S)n1-c1ccc(Cl)c(Cl)c1. The Balaban J connectivity index is 2.60. The lowest BCUT2D eigenvalue weighted by atomic mass is 10.3. The van der Waals surface area contributed by atoms with E-state index in [0.29, 0.717) is 20.6 Å². The van der Waals surface area contributed by atoms with Gasteiger partial charge in [-0.05, 0) is 30.4 Å². The Morgan fingerprint density at radius 3 is 2.82 bits per heavy atom. The van der Waals surface area contributed by atoms with Gasteiger partial charge in [0.05, 0.1) is 28.2 Å². The number of aromatic amines is 1. The Morgan fingerprint density at radius 1 is 1.41 bits per heavy atom. The largest absolute Gasteiger partial charge is 0.271 e. The first-order chi connectivity index (χ1) is 8.13. The van der Waals surface area contributed by atoms with Gasteiger partial charge in [0, 0.05) is 0 Å². The van der Waals surface area contributed by atoms with Gasteiger partial charge < -0.3 is 0 Å². The summed E-state index contributed by atoms with van der Waals surface area (Å²) in [5, 5.41) is 16.2. The molecule has 1 N–H and O–H groups in total. The summed E-state index contributed by atoms with van der Waals surface area (Å²) in [5.74, 6) is 0.538. The van der Waals surface area contributed by atoms with Gasteiger partial charge in [-0.2, -0.15) is 10.4 Å². The predicted octanol–water partition coefficient (Wildman–Crippen LogP) is 3.30. The molecule has 0 saturated carbocycles. The van der Waals surface area contributed by atoms with Crippen LogP contribution in [0.4, 0.5) is 0 Å². The summed E-state index contributed by atoms with van der Waals surface area (Å²) in [6.45, 7) is 0. The molecule has 7 heteroatoms. The maximum absolute atomic E-state index is 8.70. The van der Waals surface area contributed by atoms with Crippen LogP contribution in [0.3, 0.4) is 0 Å². The number of aromatic nitrogens is 3. The Morgan fingerprint density at radius 2 is 2.18 bits per heavy atom. The van der Waals surface area contributed by atoms with Gasteiger partial charge in [0.2, 0.25) is 0 Å². The topological polar surface area (TPSA) is 57.4 Å². The lowest BCUT2D eigenvalue weighted by Crippen LogP contribution is -2.00. The number of nitrogens with zero attached hydrogens (tertiary/aromatic N) is 3. The maximum atomic E-state index is 8.70. The number of benzene rings is 1. The van der Waals surface area contributed by atoms with Crippen molar-refractivity contribution in [2.75, 3.05) is 0 Å². The van der Waals surface area contributed by atoms with E-state index in [2.05, 4.69) is 10.2 Å². The molecule has 0 unspecified atom stereocenters. The highest BCUT2D eigenvalue weighted by atomic mass is 35.5. The summed E-state index contributed by atoms with van der Waals surface area (Å²) in [6, 6.07) is 7.14. The molecule has 4 nitrogen and oxygen atoms in total. The molecule has 2 aromatic rings. The molecule has 0 aliphatic heterocycles. The van der Waals surface area contributed by atoms with Crippen molar-refractivity contribution in [2.45, 2.75) is 6.42 Å². The Labute approximate surface area is 112 Å². The van der Waals surface area contributed by atoms with E-state index in [0.717, 1.165) is 5.69 Å². The lowest BCUT2D eigenvalue weighted by molar-refractivity contribution is 0.921. The van der Waals surface area contributed by atoms with Gasteiger partial charge in [-0.15, -0.1) is 0 Å². The summed E-state index contributed by atoms with van der Waals surface area (Å²) in [5.41, 5.74) is 0.725. The first kappa shape index (κ1) is 12.1. The fourth-order valence-electron chi connectivity index (χ4n) is 1.41. The molecule has 0 bridgehead atoms. The fraction of sp³-hybridized carbons (Fsp3) is 0.100. The molecule has 0 aliphatic carbocycles. The van der Waals surface area contributed by atoms with Gasteiger partial charge in [-0.25, -0.2) is 0 Å². The molecule has 86 valence electrons. The second-order valence-corrected chi connectivity index (χ2v) is 4.41. The van der Waals surface area contributed by atoms with Crippen molar-refractivity contribution in [1.82, 2.24) is 14.8 Å². The number of halogens is 2. The second kappa shape index (κ2) is 4.88. The summed E-state index contributed by atoms with van der Waals surface area (Å²) in [6.07, 6.45) is 0.160. The standard InChI is InChI=1S/C10H6Cl2N4S/c11-7-2-1-6(5-8(7)12)16-9(3-4-13)14-15-10(16)17/h1-2,5H,3H2,(H,15,17). The third-order valence-corrected chi connectivity index (χ3v) is 3.15. The van der Waals surface area contributed by atoms with E-state index in [1.54, 1.807) is 22.8 Å². The zero-order valence-corrected chi connectivity index (χ0v) is 10.8. The van der Waals surface area contributed by atoms with Crippen molar-refractivity contribution in [2.24, 2.45) is 0 Å². The van der Waals surface area contributed by atoms with Crippen LogP contribution in [0, 0.1) is 16.1 Å². The van der Waals surface area contributed by atoms with Crippen LogP contribution < -0.4 is 0 Å². The molecule has 1 aromatic carbocycles. The van der Waals surface area contributed by atoms with Gasteiger partial charge >= 0.3 is 0 Å². The van der Waals surface area contributed by atoms with E-state index in [-0.39, 0.29) is 6.42 Å². The van der Waals surface area contributed by atoms with Crippen molar-refractivity contribution >= 4 is 35.4 Å². The number of H-pyrrole nitrogens is 1. The third kappa shape index (κ3) is 2.34. The summed E-state index contributed by atoms with van der Waals surface area (Å²) < 4.78 is 2.06. The predicted molar refractivity (Wildman–Crippen MR) is 68.1 cm³/mol. The number of hydrogen-bond donors (Lipinski definition) is 1. The minimum atomic E-state index is 0.160. The van der Waals surface area contributed by atoms with E-state index in [1.807, 2.05) is 6.07 Å². The molecule has 1 aromatic heterocycles. The summed E-state index contributed by atoms with van der Waals surface area (Å²) in [7, 11) is 0. The summed E-state index contributed by atoms with van der Waals surface area (Å²) in [4.78, 5) is 0. The van der Waals surface area contributed by atoms with Crippen LogP contribution in [0.1, 0.15) is 5.82 Å². The highest BCUT2D eigenvalue weighted by molar-refractivity contribution is 7.71. The van der Waals surface area contributed by atoms with Crippen LogP contribution in [0.25, 0.3) is 5.69 Å². The smallest absolute Gasteiger partial charge is 0.199 e. The van der Waals surface area contributed by atoms with Crippen molar-refractivity contribution in [1.29, 1.82) is 5.26 Å². The Kier molecular flexibility index (Phi) is 3.48. The Hall–Kier alpha value is -1.35. The van der Waals surface area contributed by atoms with Gasteiger partial charge in [-0.1, -0.05) is 23.2 Å². The van der Waals surface area contributed by atoms with Crippen LogP contribution in [-0.2, 0) is 6.42 Å². The first-order valence-electron chi connectivity index (χ1n) is 4.62. The molecule has 0 atom stereocenters. The molecule has 1 heterocycles. The number of hydrogen-bond acceptors (Lipinski definition) is 3. The zero-order valence-electron chi connectivity index (χ0n) is 8.44.